The minimum absolute atomic E-state index is 0.0493. The molecule has 0 bridgehead atoms. The number of likely N-dealkylation sites (tertiary alicyclic amines) is 1. The predicted octanol–water partition coefficient (Wildman–Crippen LogP) is 3.05. The lowest BCUT2D eigenvalue weighted by atomic mass is 9.90. The van der Waals surface area contributed by atoms with Gasteiger partial charge in [-0.3, -0.25) is 9.78 Å². The summed E-state index contributed by atoms with van der Waals surface area (Å²) in [6.07, 6.45) is 8.15. The first-order chi connectivity index (χ1) is 11.8. The van der Waals surface area contributed by atoms with Crippen LogP contribution in [0.15, 0.2) is 49.1 Å². The van der Waals surface area contributed by atoms with E-state index in [9.17, 15) is 4.79 Å². The molecule has 24 heavy (non-hydrogen) atoms. The second-order valence-electron chi connectivity index (χ2n) is 6.42. The third-order valence-corrected chi connectivity index (χ3v) is 4.76. The van der Waals surface area contributed by atoms with Gasteiger partial charge in [0.2, 0.25) is 0 Å². The summed E-state index contributed by atoms with van der Waals surface area (Å²) < 4.78 is 0. The van der Waals surface area contributed by atoms with Crippen molar-refractivity contribution in [1.29, 1.82) is 0 Å². The number of benzene rings is 1. The number of amides is 1. The zero-order valence-corrected chi connectivity index (χ0v) is 13.5. The highest BCUT2D eigenvalue weighted by Gasteiger charge is 2.25. The zero-order valence-electron chi connectivity index (χ0n) is 13.5. The second-order valence-corrected chi connectivity index (χ2v) is 6.42. The summed E-state index contributed by atoms with van der Waals surface area (Å²) in [6, 6.07) is 10.4. The van der Waals surface area contributed by atoms with Crippen LogP contribution in [0.4, 0.5) is 0 Å². The van der Waals surface area contributed by atoms with E-state index in [0.29, 0.717) is 11.6 Å². The highest BCUT2D eigenvalue weighted by Crippen LogP contribution is 2.25. The summed E-state index contributed by atoms with van der Waals surface area (Å²) in [5.41, 5.74) is 2.92. The van der Waals surface area contributed by atoms with Gasteiger partial charge in [0, 0.05) is 24.7 Å². The van der Waals surface area contributed by atoms with Gasteiger partial charge < -0.3 is 9.88 Å². The Hall–Kier alpha value is -2.69. The van der Waals surface area contributed by atoms with Crippen molar-refractivity contribution in [3.63, 3.8) is 0 Å². The van der Waals surface area contributed by atoms with Crippen LogP contribution in [0.5, 0.6) is 0 Å². The van der Waals surface area contributed by atoms with Crippen LogP contribution < -0.4 is 0 Å². The molecule has 1 aliphatic heterocycles. The van der Waals surface area contributed by atoms with E-state index < -0.39 is 0 Å². The van der Waals surface area contributed by atoms with E-state index in [-0.39, 0.29) is 5.91 Å². The summed E-state index contributed by atoms with van der Waals surface area (Å²) in [7, 11) is 0. The first-order valence-electron chi connectivity index (χ1n) is 8.41. The number of imidazole rings is 1. The Morgan fingerprint density at radius 1 is 1.29 bits per heavy atom. The Balaban J connectivity index is 1.51. The Labute approximate surface area is 140 Å². The molecule has 0 saturated carbocycles. The topological polar surface area (TPSA) is 61.9 Å². The lowest BCUT2D eigenvalue weighted by molar-refractivity contribution is 0.0668. The van der Waals surface area contributed by atoms with Crippen molar-refractivity contribution in [3.05, 3.63) is 60.3 Å². The summed E-state index contributed by atoms with van der Waals surface area (Å²) >= 11 is 0. The number of carbonyl (C=O) groups excluding carboxylic acids is 1. The van der Waals surface area contributed by atoms with Crippen molar-refractivity contribution in [1.82, 2.24) is 19.9 Å². The third kappa shape index (κ3) is 2.89. The van der Waals surface area contributed by atoms with Crippen LogP contribution in [-0.4, -0.2) is 38.8 Å². The fourth-order valence-electron chi connectivity index (χ4n) is 3.60. The second kappa shape index (κ2) is 6.43. The normalized spacial score (nSPS) is 18.0. The van der Waals surface area contributed by atoms with Gasteiger partial charge in [-0.1, -0.05) is 24.3 Å². The zero-order chi connectivity index (χ0) is 16.4. The van der Waals surface area contributed by atoms with E-state index in [2.05, 4.69) is 39.2 Å². The molecule has 0 aliphatic carbocycles. The molecule has 2 aromatic heterocycles. The van der Waals surface area contributed by atoms with Crippen molar-refractivity contribution in [2.24, 2.45) is 5.92 Å². The number of fused-ring (bicyclic) bond motifs is 1. The number of nitrogens with one attached hydrogen (secondary N) is 1. The summed E-state index contributed by atoms with van der Waals surface area (Å²) in [5, 5.41) is 1.18. The molecule has 3 aromatic rings. The summed E-state index contributed by atoms with van der Waals surface area (Å²) in [5.74, 6) is 0.520. The number of H-pyrrole nitrogens is 1. The molecule has 122 valence electrons. The van der Waals surface area contributed by atoms with Gasteiger partial charge in [0.05, 0.1) is 18.0 Å². The van der Waals surface area contributed by atoms with Crippen LogP contribution in [0, 0.1) is 5.92 Å². The van der Waals surface area contributed by atoms with E-state index in [1.807, 2.05) is 17.2 Å². The number of aromatic nitrogens is 3. The SMILES string of the molecule is O=C(c1cnc[nH]1)N1CCCC(Cc2cccc3cccnc23)C1. The molecular weight excluding hydrogens is 300 g/mol. The molecule has 0 radical (unpaired) electrons. The number of nitrogens with zero attached hydrogens (tertiary/aromatic N) is 3. The number of aromatic amines is 1. The number of carbonyl (C=O) groups is 1. The maximum atomic E-state index is 12.5. The minimum atomic E-state index is 0.0493. The number of hydrogen-bond acceptors (Lipinski definition) is 3. The first-order valence-corrected chi connectivity index (χ1v) is 8.41. The number of rotatable bonds is 3. The molecule has 1 saturated heterocycles. The molecule has 4 rings (SSSR count). The van der Waals surface area contributed by atoms with Gasteiger partial charge in [-0.25, -0.2) is 4.98 Å². The van der Waals surface area contributed by atoms with Crippen molar-refractivity contribution in [3.8, 4) is 0 Å². The lowest BCUT2D eigenvalue weighted by Gasteiger charge is -2.32. The Morgan fingerprint density at radius 3 is 3.08 bits per heavy atom. The molecule has 1 aromatic carbocycles. The van der Waals surface area contributed by atoms with Crippen LogP contribution in [0.3, 0.4) is 0 Å². The quantitative estimate of drug-likeness (QED) is 0.807. The molecule has 3 heterocycles. The van der Waals surface area contributed by atoms with E-state index >= 15 is 0 Å². The average molecular weight is 320 g/mol. The number of para-hydroxylation sites is 1. The summed E-state index contributed by atoms with van der Waals surface area (Å²) in [6.45, 7) is 1.61. The predicted molar refractivity (Wildman–Crippen MR) is 92.7 cm³/mol. The van der Waals surface area contributed by atoms with Crippen molar-refractivity contribution < 1.29 is 4.79 Å². The van der Waals surface area contributed by atoms with Crippen molar-refractivity contribution in [2.75, 3.05) is 13.1 Å². The maximum Gasteiger partial charge on any atom is 0.271 e. The molecular formula is C19H20N4O. The van der Waals surface area contributed by atoms with Gasteiger partial charge in [-0.2, -0.15) is 0 Å². The van der Waals surface area contributed by atoms with Gasteiger partial charge in [0.25, 0.3) is 5.91 Å². The van der Waals surface area contributed by atoms with E-state index in [1.165, 1.54) is 10.9 Å². The van der Waals surface area contributed by atoms with Crippen LogP contribution in [0.25, 0.3) is 10.9 Å². The monoisotopic (exact) mass is 320 g/mol. The smallest absolute Gasteiger partial charge is 0.271 e. The van der Waals surface area contributed by atoms with Crippen LogP contribution >= 0.6 is 0 Å². The van der Waals surface area contributed by atoms with E-state index in [4.69, 9.17) is 0 Å². The highest BCUT2D eigenvalue weighted by molar-refractivity contribution is 5.92. The number of hydrogen-bond donors (Lipinski definition) is 1. The number of piperidine rings is 1. The Morgan fingerprint density at radius 2 is 2.21 bits per heavy atom. The fourth-order valence-corrected chi connectivity index (χ4v) is 3.60. The molecule has 5 nitrogen and oxygen atoms in total. The van der Waals surface area contributed by atoms with Crippen molar-refractivity contribution >= 4 is 16.8 Å². The molecule has 0 spiro atoms. The Kier molecular flexibility index (Phi) is 3.99. The summed E-state index contributed by atoms with van der Waals surface area (Å²) in [4.78, 5) is 25.9. The fraction of sp³-hybridized carbons (Fsp3) is 0.316. The van der Waals surface area contributed by atoms with Crippen LogP contribution in [-0.2, 0) is 6.42 Å². The first kappa shape index (κ1) is 14.9. The molecule has 1 amide bonds. The highest BCUT2D eigenvalue weighted by atomic mass is 16.2. The van der Waals surface area contributed by atoms with Gasteiger partial charge in [-0.15, -0.1) is 0 Å². The van der Waals surface area contributed by atoms with Gasteiger partial charge >= 0.3 is 0 Å². The van der Waals surface area contributed by atoms with Crippen molar-refractivity contribution in [2.45, 2.75) is 19.3 Å². The van der Waals surface area contributed by atoms with Crippen LogP contribution in [0.1, 0.15) is 28.9 Å². The molecule has 1 N–H and O–H groups in total. The van der Waals surface area contributed by atoms with Gasteiger partial charge in [-0.05, 0) is 36.8 Å². The van der Waals surface area contributed by atoms with E-state index in [0.717, 1.165) is 37.9 Å². The minimum Gasteiger partial charge on any atom is -0.341 e. The molecule has 1 aliphatic rings. The maximum absolute atomic E-state index is 12.5. The molecule has 1 unspecified atom stereocenters. The molecule has 5 heteroatoms. The third-order valence-electron chi connectivity index (χ3n) is 4.76. The largest absolute Gasteiger partial charge is 0.341 e. The Bertz CT molecular complexity index is 838. The van der Waals surface area contributed by atoms with E-state index in [1.54, 1.807) is 12.5 Å². The lowest BCUT2D eigenvalue weighted by Crippen LogP contribution is -2.40. The van der Waals surface area contributed by atoms with Gasteiger partial charge in [0.15, 0.2) is 0 Å². The molecule has 1 atom stereocenters. The number of pyridine rings is 1. The standard InChI is InChI=1S/C19H20N4O/c24-19(17-11-20-13-22-17)23-9-3-4-14(12-23)10-16-6-1-5-15-7-2-8-21-18(15)16/h1-2,5-8,11,13-14H,3-4,9-10,12H2,(H,20,22). The molecule has 1 fully saturated rings. The average Bonchev–Trinajstić information content (AvgIpc) is 3.16. The van der Waals surface area contributed by atoms with Crippen LogP contribution in [0.2, 0.25) is 0 Å². The van der Waals surface area contributed by atoms with Gasteiger partial charge in [0.1, 0.15) is 5.69 Å².